The molecule has 0 radical (unpaired) electrons. The van der Waals surface area contributed by atoms with Crippen LogP contribution in [0.25, 0.3) is 10.6 Å². The van der Waals surface area contributed by atoms with E-state index in [4.69, 9.17) is 4.74 Å². The monoisotopic (exact) mass is 373 g/mol. The zero-order valence-corrected chi connectivity index (χ0v) is 16.5. The summed E-state index contributed by atoms with van der Waals surface area (Å²) >= 11 is 1.44. The van der Waals surface area contributed by atoms with Crippen molar-refractivity contribution in [3.8, 4) is 10.6 Å². The van der Waals surface area contributed by atoms with E-state index in [0.717, 1.165) is 42.5 Å². The van der Waals surface area contributed by atoms with Crippen LogP contribution < -0.4 is 5.32 Å². The number of amides is 1. The molecule has 3 rings (SSSR count). The molecule has 1 aromatic heterocycles. The number of carbonyl (C=O) groups is 1. The smallest absolute Gasteiger partial charge is 0.263 e. The first-order chi connectivity index (χ1) is 12.5. The molecular weight excluding hydrogens is 346 g/mol. The van der Waals surface area contributed by atoms with Gasteiger partial charge in [0.05, 0.1) is 18.4 Å². The Morgan fingerprint density at radius 3 is 2.88 bits per heavy atom. The second-order valence-electron chi connectivity index (χ2n) is 7.16. The van der Waals surface area contributed by atoms with Gasteiger partial charge in [-0.15, -0.1) is 11.3 Å². The molecule has 6 heteroatoms. The first kappa shape index (κ1) is 19.0. The predicted molar refractivity (Wildman–Crippen MR) is 106 cm³/mol. The van der Waals surface area contributed by atoms with Crippen LogP contribution in [0.5, 0.6) is 0 Å². The fraction of sp³-hybridized carbons (Fsp3) is 0.500. The summed E-state index contributed by atoms with van der Waals surface area (Å²) in [6.45, 7) is 10.5. The minimum atomic E-state index is -0.0632. The standard InChI is InChI=1S/C20H27N3O2S/c1-14(2)12-23-9-10-25-17(13-23)11-21-19(24)18-15(3)22-20(26-18)16-7-5-4-6-8-16/h4-8,14,17H,9-13H2,1-3H3,(H,21,24). The number of hydrogen-bond acceptors (Lipinski definition) is 5. The SMILES string of the molecule is Cc1nc(-c2ccccc2)sc1C(=O)NCC1CN(CC(C)C)CCO1. The van der Waals surface area contributed by atoms with Gasteiger partial charge in [0.1, 0.15) is 9.88 Å². The number of nitrogens with one attached hydrogen (secondary N) is 1. The number of rotatable bonds is 6. The Morgan fingerprint density at radius 1 is 1.38 bits per heavy atom. The number of morpholine rings is 1. The van der Waals surface area contributed by atoms with Crippen LogP contribution in [0.3, 0.4) is 0 Å². The summed E-state index contributed by atoms with van der Waals surface area (Å²) in [5, 5.41) is 3.91. The van der Waals surface area contributed by atoms with Crippen LogP contribution in [0.15, 0.2) is 30.3 Å². The fourth-order valence-electron chi connectivity index (χ4n) is 3.18. The van der Waals surface area contributed by atoms with Crippen molar-refractivity contribution in [1.82, 2.24) is 15.2 Å². The van der Waals surface area contributed by atoms with Crippen LogP contribution in [-0.4, -0.2) is 54.7 Å². The summed E-state index contributed by atoms with van der Waals surface area (Å²) in [6.07, 6.45) is 0.0493. The van der Waals surface area contributed by atoms with E-state index in [0.29, 0.717) is 17.3 Å². The van der Waals surface area contributed by atoms with E-state index >= 15 is 0 Å². The van der Waals surface area contributed by atoms with Gasteiger partial charge in [-0.3, -0.25) is 9.69 Å². The summed E-state index contributed by atoms with van der Waals surface area (Å²) in [5.74, 6) is 0.575. The number of thiazole rings is 1. The molecule has 2 heterocycles. The van der Waals surface area contributed by atoms with Crippen molar-refractivity contribution >= 4 is 17.2 Å². The largest absolute Gasteiger partial charge is 0.374 e. The predicted octanol–water partition coefficient (Wildman–Crippen LogP) is 3.21. The summed E-state index contributed by atoms with van der Waals surface area (Å²) in [5.41, 5.74) is 1.82. The summed E-state index contributed by atoms with van der Waals surface area (Å²) in [7, 11) is 0. The van der Waals surface area contributed by atoms with E-state index < -0.39 is 0 Å². The molecule has 0 spiro atoms. The molecule has 5 nitrogen and oxygen atoms in total. The van der Waals surface area contributed by atoms with Crippen LogP contribution in [0, 0.1) is 12.8 Å². The maximum Gasteiger partial charge on any atom is 0.263 e. The van der Waals surface area contributed by atoms with Crippen molar-refractivity contribution in [2.24, 2.45) is 5.92 Å². The number of hydrogen-bond donors (Lipinski definition) is 1. The van der Waals surface area contributed by atoms with Gasteiger partial charge in [0.2, 0.25) is 0 Å². The van der Waals surface area contributed by atoms with E-state index in [1.807, 2.05) is 37.3 Å². The summed E-state index contributed by atoms with van der Waals surface area (Å²) in [4.78, 5) is 20.3. The van der Waals surface area contributed by atoms with Crippen LogP contribution >= 0.6 is 11.3 Å². The van der Waals surface area contributed by atoms with E-state index in [1.54, 1.807) is 0 Å². The van der Waals surface area contributed by atoms with Gasteiger partial charge in [0.15, 0.2) is 0 Å². The van der Waals surface area contributed by atoms with Gasteiger partial charge in [-0.1, -0.05) is 44.2 Å². The lowest BCUT2D eigenvalue weighted by molar-refractivity contribution is -0.0295. The third-order valence-electron chi connectivity index (χ3n) is 4.36. The van der Waals surface area contributed by atoms with E-state index in [2.05, 4.69) is 29.0 Å². The molecule has 0 aliphatic carbocycles. The molecule has 1 atom stereocenters. The molecule has 1 aliphatic heterocycles. The van der Waals surface area contributed by atoms with Gasteiger partial charge < -0.3 is 10.1 Å². The molecule has 0 bridgehead atoms. The number of benzene rings is 1. The lowest BCUT2D eigenvalue weighted by atomic mass is 10.2. The summed E-state index contributed by atoms with van der Waals surface area (Å²) in [6, 6.07) is 9.97. The Labute approximate surface area is 159 Å². The first-order valence-electron chi connectivity index (χ1n) is 9.18. The third kappa shape index (κ3) is 4.90. The van der Waals surface area contributed by atoms with Gasteiger partial charge in [-0.05, 0) is 12.8 Å². The normalized spacial score (nSPS) is 18.2. The van der Waals surface area contributed by atoms with Crippen molar-refractivity contribution in [2.45, 2.75) is 26.9 Å². The zero-order chi connectivity index (χ0) is 18.5. The maximum atomic E-state index is 12.6. The van der Waals surface area contributed by atoms with Crippen molar-refractivity contribution in [1.29, 1.82) is 0 Å². The Morgan fingerprint density at radius 2 is 2.15 bits per heavy atom. The Hall–Kier alpha value is -1.76. The topological polar surface area (TPSA) is 54.5 Å². The number of carbonyl (C=O) groups excluding carboxylic acids is 1. The second-order valence-corrected chi connectivity index (χ2v) is 8.15. The summed E-state index contributed by atoms with van der Waals surface area (Å²) < 4.78 is 5.81. The van der Waals surface area contributed by atoms with Crippen molar-refractivity contribution < 1.29 is 9.53 Å². The van der Waals surface area contributed by atoms with Crippen LogP contribution in [-0.2, 0) is 4.74 Å². The first-order valence-corrected chi connectivity index (χ1v) is 9.99. The molecule has 1 aromatic carbocycles. The molecule has 1 fully saturated rings. The number of aromatic nitrogens is 1. The van der Waals surface area contributed by atoms with Crippen LogP contribution in [0.1, 0.15) is 29.2 Å². The molecular formula is C20H27N3O2S. The van der Waals surface area contributed by atoms with Crippen molar-refractivity contribution in [2.75, 3.05) is 32.8 Å². The number of nitrogens with zero attached hydrogens (tertiary/aromatic N) is 2. The van der Waals surface area contributed by atoms with Gasteiger partial charge >= 0.3 is 0 Å². The number of ether oxygens (including phenoxy) is 1. The Kier molecular flexibility index (Phi) is 6.40. The highest BCUT2D eigenvalue weighted by atomic mass is 32.1. The van der Waals surface area contributed by atoms with Crippen LogP contribution in [0.2, 0.25) is 0 Å². The quantitative estimate of drug-likeness (QED) is 0.845. The molecule has 1 aliphatic rings. The minimum absolute atomic E-state index is 0.0493. The van der Waals surface area contributed by atoms with E-state index in [1.165, 1.54) is 11.3 Å². The molecule has 140 valence electrons. The lowest BCUT2D eigenvalue weighted by Crippen LogP contribution is -2.48. The zero-order valence-electron chi connectivity index (χ0n) is 15.7. The minimum Gasteiger partial charge on any atom is -0.374 e. The number of aryl methyl sites for hydroxylation is 1. The molecule has 1 saturated heterocycles. The van der Waals surface area contributed by atoms with Gasteiger partial charge in [0.25, 0.3) is 5.91 Å². The average molecular weight is 374 g/mol. The maximum absolute atomic E-state index is 12.6. The Bertz CT molecular complexity index is 730. The van der Waals surface area contributed by atoms with Gasteiger partial charge in [-0.25, -0.2) is 4.98 Å². The lowest BCUT2D eigenvalue weighted by Gasteiger charge is -2.33. The molecule has 1 unspecified atom stereocenters. The van der Waals surface area contributed by atoms with Crippen molar-refractivity contribution in [3.63, 3.8) is 0 Å². The molecule has 0 saturated carbocycles. The highest BCUT2D eigenvalue weighted by Crippen LogP contribution is 2.27. The molecule has 26 heavy (non-hydrogen) atoms. The second kappa shape index (κ2) is 8.75. The van der Waals surface area contributed by atoms with Crippen LogP contribution in [0.4, 0.5) is 0 Å². The van der Waals surface area contributed by atoms with E-state index in [9.17, 15) is 4.79 Å². The fourth-order valence-corrected chi connectivity index (χ4v) is 4.17. The molecule has 1 N–H and O–H groups in total. The average Bonchev–Trinajstić information content (AvgIpc) is 3.02. The van der Waals surface area contributed by atoms with Gasteiger partial charge in [-0.2, -0.15) is 0 Å². The Balaban J connectivity index is 1.58. The molecule has 2 aromatic rings. The highest BCUT2D eigenvalue weighted by molar-refractivity contribution is 7.17. The molecule has 1 amide bonds. The third-order valence-corrected chi connectivity index (χ3v) is 5.57. The van der Waals surface area contributed by atoms with Gasteiger partial charge in [0, 0.05) is 31.7 Å². The highest BCUT2D eigenvalue weighted by Gasteiger charge is 2.23. The van der Waals surface area contributed by atoms with Crippen molar-refractivity contribution in [3.05, 3.63) is 40.9 Å². The van der Waals surface area contributed by atoms with E-state index in [-0.39, 0.29) is 12.0 Å².